The lowest BCUT2D eigenvalue weighted by Gasteiger charge is -2.00. The van der Waals surface area contributed by atoms with Crippen LogP contribution in [0.2, 0.25) is 0 Å². The van der Waals surface area contributed by atoms with E-state index in [0.717, 1.165) is 6.42 Å². The molecular weight excluding hydrogens is 160 g/mol. The summed E-state index contributed by atoms with van der Waals surface area (Å²) in [4.78, 5) is 0. The Labute approximate surface area is 74.4 Å². The summed E-state index contributed by atoms with van der Waals surface area (Å²) in [6, 6.07) is 10.7. The van der Waals surface area contributed by atoms with Crippen LogP contribution in [0.5, 0.6) is 0 Å². The summed E-state index contributed by atoms with van der Waals surface area (Å²) < 4.78 is 0. The van der Waals surface area contributed by atoms with Crippen LogP contribution in [0.25, 0.3) is 5.57 Å². The largest absolute Gasteiger partial charge is 0.0880 e. The van der Waals surface area contributed by atoms with Gasteiger partial charge in [-0.2, -0.15) is 0 Å². The van der Waals surface area contributed by atoms with Crippen LogP contribution in [0.4, 0.5) is 0 Å². The fraction of sp³-hybridized carbons (Fsp3) is 0.0909. The van der Waals surface area contributed by atoms with Gasteiger partial charge < -0.3 is 0 Å². The summed E-state index contributed by atoms with van der Waals surface area (Å²) in [5, 5.41) is 3.30. The van der Waals surface area contributed by atoms with Gasteiger partial charge in [-0.15, -0.1) is 0 Å². The van der Waals surface area contributed by atoms with Gasteiger partial charge in [0.2, 0.25) is 0 Å². The Morgan fingerprint density at radius 3 is 2.58 bits per heavy atom. The maximum Gasteiger partial charge on any atom is 0.0880 e. The molecule has 2 aliphatic rings. The first-order chi connectivity index (χ1) is 5.95. The van der Waals surface area contributed by atoms with E-state index in [1.165, 1.54) is 5.56 Å². The molecule has 1 heterocycles. The summed E-state index contributed by atoms with van der Waals surface area (Å²) in [6.45, 7) is 0. The first kappa shape index (κ1) is 6.43. The fourth-order valence-corrected chi connectivity index (χ4v) is 3.20. The molecule has 0 saturated carbocycles. The molecule has 1 saturated heterocycles. The van der Waals surface area contributed by atoms with Crippen LogP contribution in [-0.2, 0) is 0 Å². The predicted molar refractivity (Wildman–Crippen MR) is 53.3 cm³/mol. The van der Waals surface area contributed by atoms with E-state index in [2.05, 4.69) is 36.4 Å². The van der Waals surface area contributed by atoms with Gasteiger partial charge in [0.15, 0.2) is 0 Å². The predicted octanol–water partition coefficient (Wildman–Crippen LogP) is 1.67. The Morgan fingerprint density at radius 2 is 2.00 bits per heavy atom. The van der Waals surface area contributed by atoms with Crippen molar-refractivity contribution in [3.05, 3.63) is 52.4 Å². The van der Waals surface area contributed by atoms with Crippen LogP contribution in [0.3, 0.4) is 0 Å². The Hall–Kier alpha value is -1.08. The van der Waals surface area contributed by atoms with Gasteiger partial charge in [0, 0.05) is 0 Å². The number of benzene rings is 1. The molecule has 1 aromatic rings. The molecular formula is C11H9Si. The Kier molecular flexibility index (Phi) is 1.18. The molecule has 3 rings (SSSR count). The number of rotatable bonds is 1. The molecule has 1 radical (unpaired) electrons. The Balaban J connectivity index is 2.08. The van der Waals surface area contributed by atoms with E-state index >= 15 is 0 Å². The molecule has 1 aliphatic heterocycles. The minimum atomic E-state index is 0.0858. The number of fused-ring (bicyclic) bond motifs is 1. The summed E-state index contributed by atoms with van der Waals surface area (Å²) in [5.41, 5.74) is 2.98. The molecule has 1 heteroatoms. The van der Waals surface area contributed by atoms with Crippen molar-refractivity contribution in [1.29, 1.82) is 0 Å². The number of hydrogen-bond donors (Lipinski definition) is 0. The van der Waals surface area contributed by atoms with Gasteiger partial charge in [0.1, 0.15) is 0 Å². The first-order valence-electron chi connectivity index (χ1n) is 4.32. The van der Waals surface area contributed by atoms with Crippen LogP contribution in [-0.4, -0.2) is 9.52 Å². The highest BCUT2D eigenvalue weighted by Gasteiger charge is 2.30. The number of hydrogen-bond acceptors (Lipinski definition) is 0. The third kappa shape index (κ3) is 0.832. The average molecular weight is 169 g/mol. The van der Waals surface area contributed by atoms with E-state index in [1.807, 2.05) is 0 Å². The van der Waals surface area contributed by atoms with Crippen molar-refractivity contribution in [2.75, 3.05) is 0 Å². The maximum absolute atomic E-state index is 3.45. The van der Waals surface area contributed by atoms with Crippen LogP contribution in [0.15, 0.2) is 40.7 Å². The highest BCUT2D eigenvalue weighted by atomic mass is 28.2. The zero-order chi connectivity index (χ0) is 7.97. The van der Waals surface area contributed by atoms with Crippen molar-refractivity contribution in [1.82, 2.24) is 0 Å². The van der Waals surface area contributed by atoms with Gasteiger partial charge in [-0.1, -0.05) is 40.7 Å². The van der Waals surface area contributed by atoms with E-state index in [1.54, 1.807) is 16.0 Å². The van der Waals surface area contributed by atoms with E-state index in [-0.39, 0.29) is 9.52 Å². The van der Waals surface area contributed by atoms with E-state index < -0.39 is 0 Å². The molecule has 0 aromatic heterocycles. The molecule has 0 unspecified atom stereocenters. The SMILES string of the molecule is [C]1=C2[SiH2]C2=C(c2ccccc2)C1. The highest BCUT2D eigenvalue weighted by Crippen LogP contribution is 2.41. The third-order valence-corrected chi connectivity index (χ3v) is 4.30. The van der Waals surface area contributed by atoms with Gasteiger partial charge in [0.05, 0.1) is 9.52 Å². The van der Waals surface area contributed by atoms with Crippen molar-refractivity contribution in [2.45, 2.75) is 6.42 Å². The summed E-state index contributed by atoms with van der Waals surface area (Å²) in [6.07, 6.45) is 4.52. The van der Waals surface area contributed by atoms with Crippen molar-refractivity contribution < 1.29 is 0 Å². The monoisotopic (exact) mass is 169 g/mol. The van der Waals surface area contributed by atoms with Crippen LogP contribution in [0.1, 0.15) is 12.0 Å². The lowest BCUT2D eigenvalue weighted by Crippen LogP contribution is -1.81. The fourth-order valence-electron chi connectivity index (χ4n) is 1.81. The van der Waals surface area contributed by atoms with Gasteiger partial charge in [-0.25, -0.2) is 0 Å². The molecule has 0 N–H and O–H groups in total. The standard InChI is InChI=1S/C11H9Si/c1-2-4-8(5-3-1)9-6-7-10-11(9)12-10/h1-5H,6,12H2. The molecule has 57 valence electrons. The van der Waals surface area contributed by atoms with Gasteiger partial charge in [-0.05, 0) is 23.6 Å². The van der Waals surface area contributed by atoms with E-state index in [9.17, 15) is 0 Å². The van der Waals surface area contributed by atoms with E-state index in [4.69, 9.17) is 0 Å². The van der Waals surface area contributed by atoms with Crippen molar-refractivity contribution in [3.63, 3.8) is 0 Å². The van der Waals surface area contributed by atoms with Crippen LogP contribution >= 0.6 is 0 Å². The topological polar surface area (TPSA) is 0 Å². The van der Waals surface area contributed by atoms with E-state index in [0.29, 0.717) is 0 Å². The summed E-state index contributed by atoms with van der Waals surface area (Å²) in [5.74, 6) is 0. The Morgan fingerprint density at radius 1 is 1.17 bits per heavy atom. The zero-order valence-corrected chi connectivity index (χ0v) is 8.22. The maximum atomic E-state index is 3.45. The second-order valence-electron chi connectivity index (χ2n) is 3.33. The molecule has 0 spiro atoms. The molecule has 1 aromatic carbocycles. The highest BCUT2D eigenvalue weighted by molar-refractivity contribution is 6.75. The van der Waals surface area contributed by atoms with Crippen LogP contribution in [0, 0.1) is 6.08 Å². The normalized spacial score (nSPS) is 21.2. The molecule has 0 amide bonds. The summed E-state index contributed by atoms with van der Waals surface area (Å²) >= 11 is 0. The zero-order valence-electron chi connectivity index (χ0n) is 6.80. The van der Waals surface area contributed by atoms with Crippen molar-refractivity contribution in [2.24, 2.45) is 0 Å². The first-order valence-corrected chi connectivity index (χ1v) is 5.74. The molecule has 0 atom stereocenters. The lowest BCUT2D eigenvalue weighted by atomic mass is 10.1. The summed E-state index contributed by atoms with van der Waals surface area (Å²) in [7, 11) is 0.0858. The Bertz CT molecular complexity index is 385. The molecule has 0 bridgehead atoms. The van der Waals surface area contributed by atoms with Crippen LogP contribution < -0.4 is 0 Å². The van der Waals surface area contributed by atoms with Crippen molar-refractivity contribution >= 4 is 15.1 Å². The molecule has 12 heavy (non-hydrogen) atoms. The average Bonchev–Trinajstić information content (AvgIpc) is 2.80. The smallest absolute Gasteiger partial charge is 0.0622 e. The lowest BCUT2D eigenvalue weighted by molar-refractivity contribution is 1.38. The van der Waals surface area contributed by atoms with Crippen molar-refractivity contribution in [3.8, 4) is 0 Å². The van der Waals surface area contributed by atoms with Gasteiger partial charge in [0.25, 0.3) is 0 Å². The second-order valence-corrected chi connectivity index (χ2v) is 5.10. The molecule has 1 fully saturated rings. The number of allylic oxidation sites excluding steroid dienone is 4. The third-order valence-electron chi connectivity index (χ3n) is 2.56. The minimum absolute atomic E-state index is 0.0858. The van der Waals surface area contributed by atoms with Gasteiger partial charge in [-0.3, -0.25) is 0 Å². The molecule has 1 aliphatic carbocycles. The quantitative estimate of drug-likeness (QED) is 0.561. The second kappa shape index (κ2) is 2.20. The van der Waals surface area contributed by atoms with Gasteiger partial charge >= 0.3 is 0 Å². The minimum Gasteiger partial charge on any atom is -0.0622 e. The molecule has 0 nitrogen and oxygen atoms in total.